The maximum atomic E-state index is 10.7. The lowest BCUT2D eigenvalue weighted by Crippen LogP contribution is -1.98. The summed E-state index contributed by atoms with van der Waals surface area (Å²) in [5.41, 5.74) is 1.72. The van der Waals surface area contributed by atoms with Crippen LogP contribution in [0.2, 0.25) is 0 Å². The molecule has 0 fully saturated rings. The number of non-ortho nitro benzene ring substituents is 1. The van der Waals surface area contributed by atoms with Crippen LogP contribution in [0.4, 0.5) is 5.69 Å². The van der Waals surface area contributed by atoms with Crippen LogP contribution in [-0.2, 0) is 0 Å². The average Bonchev–Trinajstić information content (AvgIpc) is 3.00. The number of nitro benzene ring substituents is 1. The summed E-state index contributed by atoms with van der Waals surface area (Å²) in [6.07, 6.45) is 1.92. The number of rotatable bonds is 4. The van der Waals surface area contributed by atoms with Crippen molar-refractivity contribution in [2.75, 3.05) is 6.26 Å². The molecule has 1 aromatic heterocycles. The van der Waals surface area contributed by atoms with Gasteiger partial charge in [-0.1, -0.05) is 42.1 Å². The van der Waals surface area contributed by atoms with Gasteiger partial charge in [0.05, 0.1) is 10.6 Å². The third-order valence-corrected chi connectivity index (χ3v) is 3.73. The van der Waals surface area contributed by atoms with Crippen molar-refractivity contribution in [3.05, 3.63) is 64.7 Å². The van der Waals surface area contributed by atoms with Crippen LogP contribution in [0.1, 0.15) is 0 Å². The lowest BCUT2D eigenvalue weighted by molar-refractivity contribution is -0.384. The van der Waals surface area contributed by atoms with Gasteiger partial charge in [0.2, 0.25) is 0 Å². The average molecular weight is 312 g/mol. The summed E-state index contributed by atoms with van der Waals surface area (Å²) in [6.45, 7) is 0. The normalized spacial score (nSPS) is 10.6. The van der Waals surface area contributed by atoms with E-state index in [0.29, 0.717) is 5.82 Å². The molecule has 0 aliphatic carbocycles. The van der Waals surface area contributed by atoms with Crippen molar-refractivity contribution >= 4 is 17.4 Å². The number of thioether (sulfide) groups is 1. The monoisotopic (exact) mass is 312 g/mol. The molecule has 3 aromatic rings. The van der Waals surface area contributed by atoms with Crippen molar-refractivity contribution in [2.24, 2.45) is 0 Å². The molecule has 110 valence electrons. The summed E-state index contributed by atoms with van der Waals surface area (Å²) in [6, 6.07) is 15.9. The van der Waals surface area contributed by atoms with Gasteiger partial charge in [0.15, 0.2) is 11.0 Å². The van der Waals surface area contributed by atoms with Crippen LogP contribution in [0.25, 0.3) is 17.1 Å². The topological polar surface area (TPSA) is 73.8 Å². The quantitative estimate of drug-likeness (QED) is 0.418. The highest BCUT2D eigenvalue weighted by molar-refractivity contribution is 7.98. The van der Waals surface area contributed by atoms with Crippen LogP contribution in [0.3, 0.4) is 0 Å². The fourth-order valence-corrected chi connectivity index (χ4v) is 2.52. The zero-order valence-electron chi connectivity index (χ0n) is 11.7. The fourth-order valence-electron chi connectivity index (χ4n) is 2.02. The highest BCUT2D eigenvalue weighted by Gasteiger charge is 2.13. The molecule has 0 radical (unpaired) electrons. The maximum Gasteiger partial charge on any atom is 0.269 e. The molecule has 0 N–H and O–H groups in total. The Hall–Kier alpha value is -2.67. The number of benzene rings is 2. The van der Waals surface area contributed by atoms with Gasteiger partial charge in [-0.25, -0.2) is 9.67 Å². The molecule has 22 heavy (non-hydrogen) atoms. The summed E-state index contributed by atoms with van der Waals surface area (Å²) < 4.78 is 1.69. The smallest absolute Gasteiger partial charge is 0.258 e. The molecule has 0 unspecified atom stereocenters. The van der Waals surface area contributed by atoms with E-state index in [1.165, 1.54) is 23.9 Å². The van der Waals surface area contributed by atoms with Crippen molar-refractivity contribution in [2.45, 2.75) is 5.16 Å². The van der Waals surface area contributed by atoms with Gasteiger partial charge in [-0.3, -0.25) is 10.1 Å². The second kappa shape index (κ2) is 5.98. The van der Waals surface area contributed by atoms with Gasteiger partial charge < -0.3 is 0 Å². The maximum absolute atomic E-state index is 10.7. The van der Waals surface area contributed by atoms with Crippen LogP contribution in [0, 0.1) is 10.1 Å². The van der Waals surface area contributed by atoms with Crippen molar-refractivity contribution in [3.63, 3.8) is 0 Å². The molecule has 0 amide bonds. The minimum Gasteiger partial charge on any atom is -0.258 e. The summed E-state index contributed by atoms with van der Waals surface area (Å²) >= 11 is 1.47. The third kappa shape index (κ3) is 2.71. The molecular weight excluding hydrogens is 300 g/mol. The van der Waals surface area contributed by atoms with E-state index >= 15 is 0 Å². The van der Waals surface area contributed by atoms with Gasteiger partial charge in [0.1, 0.15) is 0 Å². The highest BCUT2D eigenvalue weighted by Crippen LogP contribution is 2.24. The predicted octanol–water partition coefficient (Wildman–Crippen LogP) is 3.56. The van der Waals surface area contributed by atoms with Crippen LogP contribution < -0.4 is 0 Å². The molecule has 0 bridgehead atoms. The van der Waals surface area contributed by atoms with E-state index in [0.717, 1.165) is 16.4 Å². The van der Waals surface area contributed by atoms with Gasteiger partial charge >= 0.3 is 0 Å². The number of nitro groups is 1. The largest absolute Gasteiger partial charge is 0.269 e. The molecule has 0 aliphatic rings. The van der Waals surface area contributed by atoms with Crippen molar-refractivity contribution < 1.29 is 4.92 Å². The van der Waals surface area contributed by atoms with E-state index in [-0.39, 0.29) is 5.69 Å². The van der Waals surface area contributed by atoms with E-state index in [1.54, 1.807) is 16.8 Å². The molecule has 3 rings (SSSR count). The Morgan fingerprint density at radius 1 is 1.09 bits per heavy atom. The molecule has 7 heteroatoms. The fraction of sp³-hybridized carbons (Fsp3) is 0.0667. The molecule has 0 saturated heterocycles. The zero-order chi connectivity index (χ0) is 15.5. The van der Waals surface area contributed by atoms with Crippen molar-refractivity contribution in [1.82, 2.24) is 14.8 Å². The standard InChI is InChI=1S/C15H12N4O2S/c1-22-15-16-14(11-5-3-2-4-6-11)17-18(15)12-7-9-13(10-8-12)19(20)21/h2-10H,1H3. The minimum absolute atomic E-state index is 0.0536. The molecule has 0 aliphatic heterocycles. The SMILES string of the molecule is CSc1nc(-c2ccccc2)nn1-c1ccc([N+](=O)[O-])cc1. The first kappa shape index (κ1) is 14.3. The molecule has 0 atom stereocenters. The first-order chi connectivity index (χ1) is 10.7. The second-order valence-corrected chi connectivity index (χ2v) is 5.25. The first-order valence-electron chi connectivity index (χ1n) is 6.50. The van der Waals surface area contributed by atoms with Gasteiger partial charge in [-0.15, -0.1) is 5.10 Å². The lowest BCUT2D eigenvalue weighted by Gasteiger charge is -2.02. The zero-order valence-corrected chi connectivity index (χ0v) is 12.5. The Morgan fingerprint density at radius 3 is 2.36 bits per heavy atom. The first-order valence-corrected chi connectivity index (χ1v) is 7.73. The summed E-state index contributed by atoms with van der Waals surface area (Å²) in [5.74, 6) is 0.628. The Balaban J connectivity index is 2.03. The number of nitrogens with zero attached hydrogens (tertiary/aromatic N) is 4. The number of hydrogen-bond donors (Lipinski definition) is 0. The van der Waals surface area contributed by atoms with E-state index in [4.69, 9.17) is 0 Å². The Bertz CT molecular complexity index is 800. The van der Waals surface area contributed by atoms with E-state index < -0.39 is 4.92 Å². The van der Waals surface area contributed by atoms with E-state index in [2.05, 4.69) is 10.1 Å². The minimum atomic E-state index is -0.421. The molecule has 6 nitrogen and oxygen atoms in total. The molecule has 2 aromatic carbocycles. The Kier molecular flexibility index (Phi) is 3.88. The third-order valence-electron chi connectivity index (χ3n) is 3.10. The van der Waals surface area contributed by atoms with Crippen LogP contribution in [0.15, 0.2) is 59.8 Å². The van der Waals surface area contributed by atoms with Gasteiger partial charge in [0, 0.05) is 17.7 Å². The van der Waals surface area contributed by atoms with E-state index in [1.807, 2.05) is 36.6 Å². The molecule has 1 heterocycles. The van der Waals surface area contributed by atoms with E-state index in [9.17, 15) is 10.1 Å². The van der Waals surface area contributed by atoms with Gasteiger partial charge in [0.25, 0.3) is 5.69 Å². The van der Waals surface area contributed by atoms with Crippen LogP contribution in [0.5, 0.6) is 0 Å². The van der Waals surface area contributed by atoms with Gasteiger partial charge in [-0.05, 0) is 18.4 Å². The number of aromatic nitrogens is 3. The number of hydrogen-bond acceptors (Lipinski definition) is 5. The molecule has 0 saturated carbocycles. The molecule has 0 spiro atoms. The summed E-state index contributed by atoms with van der Waals surface area (Å²) in [7, 11) is 0. The Labute approximate surface area is 131 Å². The van der Waals surface area contributed by atoms with Crippen molar-refractivity contribution in [1.29, 1.82) is 0 Å². The lowest BCUT2D eigenvalue weighted by atomic mass is 10.2. The summed E-state index contributed by atoms with van der Waals surface area (Å²) in [4.78, 5) is 14.8. The van der Waals surface area contributed by atoms with Gasteiger partial charge in [-0.2, -0.15) is 0 Å². The van der Waals surface area contributed by atoms with Crippen LogP contribution in [-0.4, -0.2) is 25.9 Å². The van der Waals surface area contributed by atoms with Crippen molar-refractivity contribution in [3.8, 4) is 17.1 Å². The predicted molar refractivity (Wildman–Crippen MR) is 85.2 cm³/mol. The molecular formula is C15H12N4O2S. The highest BCUT2D eigenvalue weighted by atomic mass is 32.2. The van der Waals surface area contributed by atoms with Crippen LogP contribution >= 0.6 is 11.8 Å². The Morgan fingerprint density at radius 2 is 1.77 bits per heavy atom. The summed E-state index contributed by atoms with van der Waals surface area (Å²) in [5, 5.41) is 16.0. The second-order valence-electron chi connectivity index (χ2n) is 4.47.